The third-order valence-electron chi connectivity index (χ3n) is 2.35. The van der Waals surface area contributed by atoms with E-state index in [2.05, 4.69) is 21.0 Å². The number of carbonyl (C=O) groups is 1. The van der Waals surface area contributed by atoms with Crippen LogP contribution in [-0.2, 0) is 6.18 Å². The van der Waals surface area contributed by atoms with Gasteiger partial charge in [-0.3, -0.25) is 0 Å². The summed E-state index contributed by atoms with van der Waals surface area (Å²) >= 11 is 3.10. The molecule has 0 saturated carbocycles. The second-order valence-corrected chi connectivity index (χ2v) is 4.55. The van der Waals surface area contributed by atoms with E-state index in [1.54, 1.807) is 0 Å². The number of aromatic carboxylic acids is 1. The van der Waals surface area contributed by atoms with Crippen LogP contribution in [0.15, 0.2) is 35.1 Å². The molecule has 0 aliphatic carbocycles. The first-order chi connectivity index (χ1) is 8.79. The van der Waals surface area contributed by atoms with Gasteiger partial charge < -0.3 is 5.11 Å². The van der Waals surface area contributed by atoms with Crippen molar-refractivity contribution in [1.82, 2.24) is 9.78 Å². The normalized spacial score (nSPS) is 11.6. The fraction of sp³-hybridized carbons (Fsp3) is 0.0909. The number of halogens is 4. The number of hydrogen-bond donors (Lipinski definition) is 1. The molecule has 0 fully saturated rings. The van der Waals surface area contributed by atoms with Crippen LogP contribution >= 0.6 is 15.9 Å². The van der Waals surface area contributed by atoms with E-state index in [1.807, 2.05) is 0 Å². The molecule has 4 nitrogen and oxygen atoms in total. The highest BCUT2D eigenvalue weighted by Crippen LogP contribution is 2.29. The molecule has 0 amide bonds. The highest BCUT2D eigenvalue weighted by Gasteiger charge is 2.32. The zero-order valence-corrected chi connectivity index (χ0v) is 10.7. The van der Waals surface area contributed by atoms with E-state index >= 15 is 0 Å². The predicted octanol–water partition coefficient (Wildman–Crippen LogP) is 3.35. The van der Waals surface area contributed by atoms with Gasteiger partial charge in [-0.15, -0.1) is 0 Å². The van der Waals surface area contributed by atoms with Gasteiger partial charge in [0.2, 0.25) is 0 Å². The molecular formula is C11H6BrF3N2O2. The van der Waals surface area contributed by atoms with E-state index in [0.29, 0.717) is 10.7 Å². The Hall–Kier alpha value is -1.83. The molecule has 1 N–H and O–H groups in total. The van der Waals surface area contributed by atoms with Gasteiger partial charge in [-0.05, 0) is 18.2 Å². The van der Waals surface area contributed by atoms with Crippen LogP contribution in [0.25, 0.3) is 5.69 Å². The molecule has 0 atom stereocenters. The first-order valence-electron chi connectivity index (χ1n) is 4.94. The highest BCUT2D eigenvalue weighted by molar-refractivity contribution is 9.10. The van der Waals surface area contributed by atoms with Crippen molar-refractivity contribution in [3.63, 3.8) is 0 Å². The largest absolute Gasteiger partial charge is 0.478 e. The molecule has 1 aromatic carbocycles. The quantitative estimate of drug-likeness (QED) is 0.916. The summed E-state index contributed by atoms with van der Waals surface area (Å²) in [5, 5.41) is 12.6. The molecule has 0 aliphatic heterocycles. The first kappa shape index (κ1) is 13.6. The summed E-state index contributed by atoms with van der Waals surface area (Å²) in [6.07, 6.45) is -3.12. The van der Waals surface area contributed by atoms with Crippen molar-refractivity contribution in [3.8, 4) is 5.69 Å². The van der Waals surface area contributed by atoms with E-state index in [9.17, 15) is 18.0 Å². The van der Waals surface area contributed by atoms with Crippen LogP contribution in [-0.4, -0.2) is 20.9 Å². The average Bonchev–Trinajstić information content (AvgIpc) is 2.77. The maximum absolute atomic E-state index is 12.5. The lowest BCUT2D eigenvalue weighted by molar-refractivity contribution is -0.137. The van der Waals surface area contributed by atoms with E-state index in [1.165, 1.54) is 18.2 Å². The van der Waals surface area contributed by atoms with Gasteiger partial charge in [0.15, 0.2) is 0 Å². The van der Waals surface area contributed by atoms with Gasteiger partial charge in [0.05, 0.1) is 23.0 Å². The minimum absolute atomic E-state index is 0.0613. The Balaban J connectivity index is 2.53. The summed E-state index contributed by atoms with van der Waals surface area (Å²) in [6.45, 7) is 0. The van der Waals surface area contributed by atoms with Crippen LogP contribution in [0.4, 0.5) is 13.2 Å². The van der Waals surface area contributed by atoms with Crippen LogP contribution in [0.5, 0.6) is 0 Å². The molecule has 8 heteroatoms. The molecule has 2 aromatic rings. The Bertz CT molecular complexity index is 637. The zero-order chi connectivity index (χ0) is 14.2. The number of alkyl halides is 3. The average molecular weight is 335 g/mol. The molecule has 19 heavy (non-hydrogen) atoms. The number of benzene rings is 1. The number of nitrogens with zero attached hydrogens (tertiary/aromatic N) is 2. The molecule has 0 bridgehead atoms. The van der Waals surface area contributed by atoms with E-state index in [0.717, 1.165) is 10.9 Å². The topological polar surface area (TPSA) is 55.1 Å². The van der Waals surface area contributed by atoms with E-state index in [-0.39, 0.29) is 11.3 Å². The lowest BCUT2D eigenvalue weighted by Crippen LogP contribution is -2.06. The number of carboxylic acids is 1. The third kappa shape index (κ3) is 2.78. The Kier molecular flexibility index (Phi) is 3.36. The second kappa shape index (κ2) is 4.69. The molecule has 0 unspecified atom stereocenters. The van der Waals surface area contributed by atoms with E-state index < -0.39 is 17.7 Å². The molecular weight excluding hydrogens is 329 g/mol. The predicted molar refractivity (Wildman–Crippen MR) is 63.2 cm³/mol. The number of rotatable bonds is 2. The van der Waals surface area contributed by atoms with Crippen molar-refractivity contribution < 1.29 is 23.1 Å². The van der Waals surface area contributed by atoms with Crippen LogP contribution in [0, 0.1) is 0 Å². The Morgan fingerprint density at radius 3 is 2.58 bits per heavy atom. The van der Waals surface area contributed by atoms with Crippen molar-refractivity contribution in [2.24, 2.45) is 0 Å². The van der Waals surface area contributed by atoms with Crippen LogP contribution in [0.3, 0.4) is 0 Å². The van der Waals surface area contributed by atoms with Gasteiger partial charge in [-0.2, -0.15) is 18.3 Å². The van der Waals surface area contributed by atoms with Crippen LogP contribution in [0.2, 0.25) is 0 Å². The molecule has 0 spiro atoms. The fourth-order valence-electron chi connectivity index (χ4n) is 1.48. The van der Waals surface area contributed by atoms with Gasteiger partial charge >= 0.3 is 12.1 Å². The van der Waals surface area contributed by atoms with Gasteiger partial charge in [0.1, 0.15) is 0 Å². The molecule has 0 aliphatic rings. The highest BCUT2D eigenvalue weighted by atomic mass is 79.9. The molecule has 1 aromatic heterocycles. The molecule has 100 valence electrons. The zero-order valence-electron chi connectivity index (χ0n) is 9.15. The summed E-state index contributed by atoms with van der Waals surface area (Å²) in [4.78, 5) is 11.1. The Morgan fingerprint density at radius 2 is 2.05 bits per heavy atom. The standard InChI is InChI=1S/C11H6BrF3N2O2/c12-7-1-2-9(8(3-7)10(18)19)17-5-6(4-16-17)11(13,14)15/h1-5H,(H,18,19). The first-order valence-corrected chi connectivity index (χ1v) is 5.73. The second-order valence-electron chi connectivity index (χ2n) is 3.64. The van der Waals surface area contributed by atoms with Gasteiger partial charge in [-0.25, -0.2) is 9.48 Å². The monoisotopic (exact) mass is 334 g/mol. The fourth-order valence-corrected chi connectivity index (χ4v) is 1.84. The maximum atomic E-state index is 12.5. The van der Waals surface area contributed by atoms with Gasteiger partial charge in [-0.1, -0.05) is 15.9 Å². The SMILES string of the molecule is O=C(O)c1cc(Br)ccc1-n1cc(C(F)(F)F)cn1. The molecule has 0 radical (unpaired) electrons. The third-order valence-corrected chi connectivity index (χ3v) is 2.84. The summed E-state index contributed by atoms with van der Waals surface area (Å²) in [5.41, 5.74) is -1.02. The number of carboxylic acid groups (broad SMARTS) is 1. The molecule has 1 heterocycles. The van der Waals surface area contributed by atoms with Crippen LogP contribution < -0.4 is 0 Å². The van der Waals surface area contributed by atoms with Crippen LogP contribution in [0.1, 0.15) is 15.9 Å². The van der Waals surface area contributed by atoms with E-state index in [4.69, 9.17) is 5.11 Å². The van der Waals surface area contributed by atoms with Crippen molar-refractivity contribution in [3.05, 3.63) is 46.2 Å². The maximum Gasteiger partial charge on any atom is 0.419 e. The lowest BCUT2D eigenvalue weighted by atomic mass is 10.2. The van der Waals surface area contributed by atoms with Gasteiger partial charge in [0.25, 0.3) is 0 Å². The number of aromatic nitrogens is 2. The summed E-state index contributed by atoms with van der Waals surface area (Å²) < 4.78 is 38.8. The van der Waals surface area contributed by atoms with Crippen molar-refractivity contribution in [1.29, 1.82) is 0 Å². The van der Waals surface area contributed by atoms with Crippen molar-refractivity contribution in [2.45, 2.75) is 6.18 Å². The van der Waals surface area contributed by atoms with Crippen molar-refractivity contribution >= 4 is 21.9 Å². The summed E-state index contributed by atoms with van der Waals surface area (Å²) in [7, 11) is 0. The smallest absolute Gasteiger partial charge is 0.419 e. The molecule has 0 saturated heterocycles. The van der Waals surface area contributed by atoms with Gasteiger partial charge in [0, 0.05) is 10.7 Å². The number of hydrogen-bond acceptors (Lipinski definition) is 2. The molecule has 2 rings (SSSR count). The Morgan fingerprint density at radius 1 is 1.37 bits per heavy atom. The minimum Gasteiger partial charge on any atom is -0.478 e. The Labute approximate surface area is 113 Å². The minimum atomic E-state index is -4.52. The lowest BCUT2D eigenvalue weighted by Gasteiger charge is -2.06. The summed E-state index contributed by atoms with van der Waals surface area (Å²) in [5.74, 6) is -1.25. The summed E-state index contributed by atoms with van der Waals surface area (Å²) in [6, 6.07) is 4.20. The van der Waals surface area contributed by atoms with Crippen molar-refractivity contribution in [2.75, 3.05) is 0 Å².